The summed E-state index contributed by atoms with van der Waals surface area (Å²) in [5, 5.41) is 4.17. The van der Waals surface area contributed by atoms with Crippen LogP contribution in [0.4, 0.5) is 17.1 Å². The lowest BCUT2D eigenvalue weighted by molar-refractivity contribution is 0.622. The number of rotatable bonds is 7. The first kappa shape index (κ1) is 33.9. The maximum atomic E-state index is 6.62. The summed E-state index contributed by atoms with van der Waals surface area (Å²) >= 11 is 0. The molecule has 5 heteroatoms. The fraction of sp³-hybridized carbons (Fsp3) is 0. The number of aromatic nitrogens is 1. The van der Waals surface area contributed by atoms with Crippen molar-refractivity contribution in [2.45, 2.75) is 0 Å². The van der Waals surface area contributed by atoms with Crippen LogP contribution >= 0.6 is 0 Å². The second-order valence-electron chi connectivity index (χ2n) is 15.1. The molecule has 0 aliphatic carbocycles. The molecular weight excluding hydrogens is 737 g/mol. The molecule has 12 aromatic rings. The molecule has 3 heterocycles. The number of hydrogen-bond donors (Lipinski definition) is 0. The minimum Gasteiger partial charge on any atom is -0.456 e. The lowest BCUT2D eigenvalue weighted by Crippen LogP contribution is -2.10. The van der Waals surface area contributed by atoms with Crippen LogP contribution in [0.2, 0.25) is 0 Å². The Kier molecular flexibility index (Phi) is 7.78. The highest BCUT2D eigenvalue weighted by atomic mass is 16.4. The van der Waals surface area contributed by atoms with Crippen molar-refractivity contribution in [2.75, 3.05) is 4.90 Å². The second kappa shape index (κ2) is 13.8. The molecule has 0 saturated carbocycles. The Bertz CT molecular complexity index is 3530. The van der Waals surface area contributed by atoms with Gasteiger partial charge in [0.1, 0.15) is 27.8 Å². The Hall–Kier alpha value is -8.15. The van der Waals surface area contributed by atoms with Gasteiger partial charge in [-0.15, -0.1) is 0 Å². The number of hydrogen-bond acceptors (Lipinski definition) is 5. The van der Waals surface area contributed by atoms with Gasteiger partial charge in [0.25, 0.3) is 0 Å². The molecule has 0 fully saturated rings. The third-order valence-electron chi connectivity index (χ3n) is 11.5. The van der Waals surface area contributed by atoms with Crippen LogP contribution in [-0.4, -0.2) is 4.98 Å². The van der Waals surface area contributed by atoms with Crippen LogP contribution in [-0.2, 0) is 0 Å². The predicted molar refractivity (Wildman–Crippen MR) is 245 cm³/mol. The van der Waals surface area contributed by atoms with Crippen LogP contribution in [0, 0.1) is 0 Å². The van der Waals surface area contributed by atoms with Crippen LogP contribution in [0.1, 0.15) is 0 Å². The van der Waals surface area contributed by atoms with Gasteiger partial charge in [-0.2, -0.15) is 0 Å². The summed E-state index contributed by atoms with van der Waals surface area (Å²) in [6.45, 7) is 0. The van der Waals surface area contributed by atoms with E-state index >= 15 is 0 Å². The topological polar surface area (TPSA) is 55.6 Å². The van der Waals surface area contributed by atoms with Crippen molar-refractivity contribution in [2.24, 2.45) is 0 Å². The highest BCUT2D eigenvalue weighted by Crippen LogP contribution is 2.44. The first-order valence-electron chi connectivity index (χ1n) is 20.1. The summed E-state index contributed by atoms with van der Waals surface area (Å²) < 4.78 is 19.5. The van der Waals surface area contributed by atoms with E-state index < -0.39 is 0 Å². The average molecular weight is 771 g/mol. The van der Waals surface area contributed by atoms with Crippen LogP contribution in [0.25, 0.3) is 99.8 Å². The smallest absolute Gasteiger partial charge is 0.227 e. The zero-order valence-electron chi connectivity index (χ0n) is 32.2. The van der Waals surface area contributed by atoms with E-state index in [1.165, 1.54) is 0 Å². The van der Waals surface area contributed by atoms with Gasteiger partial charge < -0.3 is 18.2 Å². The Labute approximate surface area is 345 Å². The van der Waals surface area contributed by atoms with Crippen LogP contribution in [0.15, 0.2) is 220 Å². The molecule has 12 rings (SSSR count). The van der Waals surface area contributed by atoms with Gasteiger partial charge in [0, 0.05) is 49.9 Å². The highest BCUT2D eigenvalue weighted by molar-refractivity contribution is 6.19. The van der Waals surface area contributed by atoms with Crippen molar-refractivity contribution in [1.82, 2.24) is 4.98 Å². The molecule has 60 heavy (non-hydrogen) atoms. The van der Waals surface area contributed by atoms with Crippen molar-refractivity contribution in [1.29, 1.82) is 0 Å². The van der Waals surface area contributed by atoms with Crippen molar-refractivity contribution in [3.63, 3.8) is 0 Å². The van der Waals surface area contributed by atoms with Gasteiger partial charge in [0.05, 0.1) is 5.39 Å². The van der Waals surface area contributed by atoms with E-state index in [1.54, 1.807) is 0 Å². The minimum atomic E-state index is 0.575. The Morgan fingerprint density at radius 3 is 1.65 bits per heavy atom. The molecule has 0 aliphatic heterocycles. The van der Waals surface area contributed by atoms with Gasteiger partial charge >= 0.3 is 0 Å². The van der Waals surface area contributed by atoms with E-state index in [4.69, 9.17) is 18.2 Å². The van der Waals surface area contributed by atoms with Crippen molar-refractivity contribution >= 4 is 72.0 Å². The summed E-state index contributed by atoms with van der Waals surface area (Å²) in [5.41, 5.74) is 15.3. The molecule has 0 unspecified atom stereocenters. The molecule has 0 atom stereocenters. The standard InChI is InChI=1S/C55H34N2O3/c1-3-13-35(14-4-1)39-17-11-18-42(33-39)57(40-29-25-36(26-30-40)43-21-12-22-45-44-19-7-9-23-48(44)59-53(43)45)41-31-27-37(28-32-41)47-34-50-51(46-20-8-10-24-49(46)58-50)54-52(47)56-55(60-54)38-15-5-2-6-16-38/h1-34H. The lowest BCUT2D eigenvalue weighted by Gasteiger charge is -2.26. The Balaban J connectivity index is 0.987. The lowest BCUT2D eigenvalue weighted by atomic mass is 10.00. The summed E-state index contributed by atoms with van der Waals surface area (Å²) in [6, 6.07) is 71.5. The van der Waals surface area contributed by atoms with Gasteiger partial charge in [-0.25, -0.2) is 4.98 Å². The molecule has 0 radical (unpaired) electrons. The zero-order chi connectivity index (χ0) is 39.6. The monoisotopic (exact) mass is 770 g/mol. The third-order valence-corrected chi connectivity index (χ3v) is 11.5. The van der Waals surface area contributed by atoms with E-state index in [1.807, 2.05) is 60.7 Å². The molecule has 0 bridgehead atoms. The number of nitrogens with zero attached hydrogens (tertiary/aromatic N) is 2. The minimum absolute atomic E-state index is 0.575. The van der Waals surface area contributed by atoms with Crippen molar-refractivity contribution < 1.29 is 13.3 Å². The van der Waals surface area contributed by atoms with Gasteiger partial charge in [-0.1, -0.05) is 140 Å². The normalized spacial score (nSPS) is 11.7. The number of anilines is 3. The van der Waals surface area contributed by atoms with Gasteiger partial charge in [-0.05, 0) is 89.0 Å². The molecule has 9 aromatic carbocycles. The molecular formula is C55H34N2O3. The number of para-hydroxylation sites is 3. The summed E-state index contributed by atoms with van der Waals surface area (Å²) in [6.07, 6.45) is 0. The second-order valence-corrected chi connectivity index (χ2v) is 15.1. The quantitative estimate of drug-likeness (QED) is 0.162. The maximum absolute atomic E-state index is 6.62. The molecule has 0 amide bonds. The Morgan fingerprint density at radius 1 is 0.333 bits per heavy atom. The molecule has 3 aromatic heterocycles. The largest absolute Gasteiger partial charge is 0.456 e. The summed E-state index contributed by atoms with van der Waals surface area (Å²) in [5.74, 6) is 0.575. The SMILES string of the molecule is c1ccc(-c2cccc(N(c3ccc(-c4cc5oc6ccccc6c5c5oc(-c6ccccc6)nc45)cc3)c3ccc(-c4cccc5c4oc4ccccc45)cc3)c2)cc1. The molecule has 5 nitrogen and oxygen atoms in total. The predicted octanol–water partition coefficient (Wildman–Crippen LogP) is 15.8. The molecule has 282 valence electrons. The molecule has 0 aliphatic rings. The maximum Gasteiger partial charge on any atom is 0.227 e. The summed E-state index contributed by atoms with van der Waals surface area (Å²) in [4.78, 5) is 7.43. The van der Waals surface area contributed by atoms with E-state index in [9.17, 15) is 0 Å². The third kappa shape index (κ3) is 5.59. The van der Waals surface area contributed by atoms with Gasteiger partial charge in [-0.3, -0.25) is 0 Å². The first-order chi connectivity index (χ1) is 29.7. The van der Waals surface area contributed by atoms with E-state index in [-0.39, 0.29) is 0 Å². The number of oxazole rings is 1. The molecule has 0 spiro atoms. The number of fused-ring (bicyclic) bond motifs is 8. The van der Waals surface area contributed by atoms with Gasteiger partial charge in [0.2, 0.25) is 5.89 Å². The fourth-order valence-electron chi connectivity index (χ4n) is 8.65. The Morgan fingerprint density at radius 2 is 0.917 bits per heavy atom. The van der Waals surface area contributed by atoms with E-state index in [0.717, 1.165) is 105 Å². The summed E-state index contributed by atoms with van der Waals surface area (Å²) in [7, 11) is 0. The highest BCUT2D eigenvalue weighted by Gasteiger charge is 2.22. The van der Waals surface area contributed by atoms with Crippen LogP contribution < -0.4 is 4.90 Å². The van der Waals surface area contributed by atoms with E-state index in [0.29, 0.717) is 11.5 Å². The van der Waals surface area contributed by atoms with Crippen LogP contribution in [0.3, 0.4) is 0 Å². The molecule has 0 saturated heterocycles. The first-order valence-corrected chi connectivity index (χ1v) is 20.1. The average Bonchev–Trinajstić information content (AvgIpc) is 4.04. The molecule has 0 N–H and O–H groups in total. The number of benzene rings is 9. The van der Waals surface area contributed by atoms with Gasteiger partial charge in [0.15, 0.2) is 5.58 Å². The van der Waals surface area contributed by atoms with Crippen LogP contribution in [0.5, 0.6) is 0 Å². The van der Waals surface area contributed by atoms with Crippen molar-refractivity contribution in [3.05, 3.63) is 206 Å². The van der Waals surface area contributed by atoms with E-state index in [2.05, 4.69) is 150 Å². The van der Waals surface area contributed by atoms with Crippen molar-refractivity contribution in [3.8, 4) is 44.8 Å². The zero-order valence-corrected chi connectivity index (χ0v) is 32.2. The fourth-order valence-corrected chi connectivity index (χ4v) is 8.65. The number of furan rings is 2.